The molecule has 0 fully saturated rings. The van der Waals surface area contributed by atoms with Crippen LogP contribution in [0.1, 0.15) is 37.6 Å². The Morgan fingerprint density at radius 1 is 1.47 bits per heavy atom. The van der Waals surface area contributed by atoms with E-state index in [1.807, 2.05) is 24.6 Å². The van der Waals surface area contributed by atoms with E-state index < -0.39 is 12.0 Å². The molecule has 0 aliphatic rings. The highest BCUT2D eigenvalue weighted by molar-refractivity contribution is 5.83. The molecule has 0 aliphatic carbocycles. The molecule has 6 heteroatoms. The summed E-state index contributed by atoms with van der Waals surface area (Å²) in [5.74, 6) is -1.22. The maximum atomic E-state index is 11.6. The molecule has 1 amide bonds. The number of aliphatic carboxylic acids is 1. The van der Waals surface area contributed by atoms with E-state index in [4.69, 9.17) is 5.11 Å². The zero-order chi connectivity index (χ0) is 14.4. The summed E-state index contributed by atoms with van der Waals surface area (Å²) >= 11 is 0. The number of carboxylic acids is 1. The molecule has 0 saturated carbocycles. The molecule has 1 atom stereocenters. The molecule has 1 rings (SSSR count). The van der Waals surface area contributed by atoms with Gasteiger partial charge in [-0.2, -0.15) is 5.10 Å². The maximum Gasteiger partial charge on any atom is 0.326 e. The lowest BCUT2D eigenvalue weighted by atomic mass is 10.2. The van der Waals surface area contributed by atoms with Gasteiger partial charge in [0.15, 0.2) is 0 Å². The standard InChI is InChI=1S/C13H21N3O3/c1-4-11(13(18)19)14-12(17)6-5-7-16-10(3)8-9(2)15-16/h8,11H,4-7H2,1-3H3,(H,14,17)(H,18,19)/t11-/m1/s1. The number of amides is 1. The number of carboxylic acid groups (broad SMARTS) is 1. The van der Waals surface area contributed by atoms with Crippen molar-refractivity contribution in [2.75, 3.05) is 0 Å². The van der Waals surface area contributed by atoms with Crippen LogP contribution in [-0.4, -0.2) is 32.8 Å². The lowest BCUT2D eigenvalue weighted by molar-refractivity contribution is -0.141. The van der Waals surface area contributed by atoms with Gasteiger partial charge in [-0.25, -0.2) is 4.79 Å². The Bertz CT molecular complexity index is 454. The summed E-state index contributed by atoms with van der Waals surface area (Å²) in [4.78, 5) is 22.4. The molecule has 0 bridgehead atoms. The summed E-state index contributed by atoms with van der Waals surface area (Å²) < 4.78 is 1.86. The quantitative estimate of drug-likeness (QED) is 0.779. The second-order valence-corrected chi connectivity index (χ2v) is 4.62. The molecule has 1 aromatic heterocycles. The first kappa shape index (κ1) is 15.2. The minimum Gasteiger partial charge on any atom is -0.480 e. The first-order chi connectivity index (χ1) is 8.93. The monoisotopic (exact) mass is 267 g/mol. The van der Waals surface area contributed by atoms with E-state index in [1.54, 1.807) is 6.92 Å². The second kappa shape index (κ2) is 6.92. The summed E-state index contributed by atoms with van der Waals surface area (Å²) in [7, 11) is 0. The van der Waals surface area contributed by atoms with Crippen molar-refractivity contribution < 1.29 is 14.7 Å². The molecule has 0 unspecified atom stereocenters. The van der Waals surface area contributed by atoms with Crippen LogP contribution in [0.5, 0.6) is 0 Å². The molecular weight excluding hydrogens is 246 g/mol. The third-order valence-corrected chi connectivity index (χ3v) is 2.92. The Morgan fingerprint density at radius 2 is 2.16 bits per heavy atom. The van der Waals surface area contributed by atoms with Crippen molar-refractivity contribution in [2.24, 2.45) is 0 Å². The Labute approximate surface area is 112 Å². The number of rotatable bonds is 7. The lowest BCUT2D eigenvalue weighted by Crippen LogP contribution is -2.40. The van der Waals surface area contributed by atoms with Gasteiger partial charge in [0.25, 0.3) is 0 Å². The maximum absolute atomic E-state index is 11.6. The van der Waals surface area contributed by atoms with E-state index in [0.29, 0.717) is 25.8 Å². The topological polar surface area (TPSA) is 84.2 Å². The highest BCUT2D eigenvalue weighted by atomic mass is 16.4. The molecule has 0 spiro atoms. The normalized spacial score (nSPS) is 12.2. The van der Waals surface area contributed by atoms with Gasteiger partial charge in [0.1, 0.15) is 6.04 Å². The first-order valence-corrected chi connectivity index (χ1v) is 6.47. The Balaban J connectivity index is 2.35. The number of hydrogen-bond donors (Lipinski definition) is 2. The number of nitrogens with zero attached hydrogens (tertiary/aromatic N) is 2. The van der Waals surface area contributed by atoms with Crippen molar-refractivity contribution in [1.29, 1.82) is 0 Å². The zero-order valence-electron chi connectivity index (χ0n) is 11.6. The zero-order valence-corrected chi connectivity index (χ0v) is 11.6. The van der Waals surface area contributed by atoms with Crippen LogP contribution in [-0.2, 0) is 16.1 Å². The SMILES string of the molecule is CC[C@@H](NC(=O)CCCn1nc(C)cc1C)C(=O)O. The fourth-order valence-corrected chi connectivity index (χ4v) is 1.90. The summed E-state index contributed by atoms with van der Waals surface area (Å²) in [6, 6.07) is 1.19. The van der Waals surface area contributed by atoms with Crippen LogP contribution in [0.2, 0.25) is 0 Å². The first-order valence-electron chi connectivity index (χ1n) is 6.47. The van der Waals surface area contributed by atoms with E-state index in [2.05, 4.69) is 10.4 Å². The van der Waals surface area contributed by atoms with Crippen molar-refractivity contribution in [1.82, 2.24) is 15.1 Å². The third kappa shape index (κ3) is 4.73. The summed E-state index contributed by atoms with van der Waals surface area (Å²) in [5.41, 5.74) is 2.02. The molecule has 1 aromatic rings. The largest absolute Gasteiger partial charge is 0.480 e. The minimum absolute atomic E-state index is 0.226. The smallest absolute Gasteiger partial charge is 0.326 e. The second-order valence-electron chi connectivity index (χ2n) is 4.62. The molecular formula is C13H21N3O3. The average molecular weight is 267 g/mol. The van der Waals surface area contributed by atoms with Gasteiger partial charge in [0.05, 0.1) is 5.69 Å². The predicted molar refractivity (Wildman–Crippen MR) is 70.8 cm³/mol. The van der Waals surface area contributed by atoms with Crippen molar-refractivity contribution in [3.63, 3.8) is 0 Å². The summed E-state index contributed by atoms with van der Waals surface area (Å²) in [6.07, 6.45) is 1.34. The van der Waals surface area contributed by atoms with Crippen LogP contribution in [0.4, 0.5) is 0 Å². The van der Waals surface area contributed by atoms with E-state index in [-0.39, 0.29) is 5.91 Å². The molecule has 6 nitrogen and oxygen atoms in total. The number of aromatic nitrogens is 2. The van der Waals surface area contributed by atoms with E-state index in [0.717, 1.165) is 11.4 Å². The van der Waals surface area contributed by atoms with Crippen molar-refractivity contribution >= 4 is 11.9 Å². The number of aryl methyl sites for hydroxylation is 3. The fraction of sp³-hybridized carbons (Fsp3) is 0.615. The van der Waals surface area contributed by atoms with E-state index >= 15 is 0 Å². The number of carbonyl (C=O) groups excluding carboxylic acids is 1. The van der Waals surface area contributed by atoms with Gasteiger partial charge in [-0.3, -0.25) is 9.48 Å². The summed E-state index contributed by atoms with van der Waals surface area (Å²) in [5, 5.41) is 15.6. The van der Waals surface area contributed by atoms with Crippen LogP contribution >= 0.6 is 0 Å². The average Bonchev–Trinajstić information content (AvgIpc) is 2.64. The highest BCUT2D eigenvalue weighted by Gasteiger charge is 2.17. The van der Waals surface area contributed by atoms with Gasteiger partial charge in [-0.1, -0.05) is 6.92 Å². The minimum atomic E-state index is -0.991. The molecule has 2 N–H and O–H groups in total. The van der Waals surface area contributed by atoms with Crippen LogP contribution in [0.3, 0.4) is 0 Å². The van der Waals surface area contributed by atoms with Crippen LogP contribution < -0.4 is 5.32 Å². The molecule has 106 valence electrons. The van der Waals surface area contributed by atoms with Gasteiger partial charge in [-0.05, 0) is 32.8 Å². The van der Waals surface area contributed by atoms with Crippen LogP contribution in [0.15, 0.2) is 6.07 Å². The number of carbonyl (C=O) groups is 2. The van der Waals surface area contributed by atoms with Crippen molar-refractivity contribution in [3.05, 3.63) is 17.5 Å². The molecule has 0 aliphatic heterocycles. The molecule has 1 heterocycles. The Morgan fingerprint density at radius 3 is 2.63 bits per heavy atom. The Kier molecular flexibility index (Phi) is 5.54. The van der Waals surface area contributed by atoms with Crippen molar-refractivity contribution in [3.8, 4) is 0 Å². The lowest BCUT2D eigenvalue weighted by Gasteiger charge is -2.12. The van der Waals surface area contributed by atoms with Gasteiger partial charge in [0, 0.05) is 18.7 Å². The summed E-state index contributed by atoms with van der Waals surface area (Å²) in [6.45, 7) is 6.29. The Hall–Kier alpha value is -1.85. The molecule has 0 aromatic carbocycles. The molecule has 19 heavy (non-hydrogen) atoms. The van der Waals surface area contributed by atoms with Gasteiger partial charge in [-0.15, -0.1) is 0 Å². The van der Waals surface area contributed by atoms with Crippen molar-refractivity contribution in [2.45, 2.75) is 52.6 Å². The predicted octanol–water partition coefficient (Wildman–Crippen LogP) is 1.26. The molecule has 0 radical (unpaired) electrons. The third-order valence-electron chi connectivity index (χ3n) is 2.92. The molecule has 0 saturated heterocycles. The van der Waals surface area contributed by atoms with Crippen LogP contribution in [0, 0.1) is 13.8 Å². The van der Waals surface area contributed by atoms with Gasteiger partial charge in [0.2, 0.25) is 5.91 Å². The number of hydrogen-bond acceptors (Lipinski definition) is 3. The van der Waals surface area contributed by atoms with E-state index in [1.165, 1.54) is 0 Å². The number of nitrogens with one attached hydrogen (secondary N) is 1. The van der Waals surface area contributed by atoms with Gasteiger partial charge < -0.3 is 10.4 Å². The van der Waals surface area contributed by atoms with E-state index in [9.17, 15) is 9.59 Å². The fourth-order valence-electron chi connectivity index (χ4n) is 1.90. The van der Waals surface area contributed by atoms with Crippen LogP contribution in [0.25, 0.3) is 0 Å². The van der Waals surface area contributed by atoms with Gasteiger partial charge >= 0.3 is 5.97 Å². The highest BCUT2D eigenvalue weighted by Crippen LogP contribution is 2.04.